The first-order valence-electron chi connectivity index (χ1n) is 15.1. The maximum Gasteiger partial charge on any atom is 0.249 e. The van der Waals surface area contributed by atoms with E-state index in [-0.39, 0.29) is 0 Å². The van der Waals surface area contributed by atoms with Crippen LogP contribution in [0.3, 0.4) is 0 Å². The van der Waals surface area contributed by atoms with Crippen LogP contribution in [0, 0.1) is 0 Å². The van der Waals surface area contributed by atoms with Crippen LogP contribution in [-0.2, 0) is 4.79 Å². The SMILES string of the molecule is CCCCCCCCC/C=C\CCCCCCC(O)C(=O)NC(CO)C(O)C(O)CCCCCCC. The van der Waals surface area contributed by atoms with Gasteiger partial charge in [0.25, 0.3) is 0 Å². The molecule has 36 heavy (non-hydrogen) atoms. The third-order valence-electron chi connectivity index (χ3n) is 6.98. The third kappa shape index (κ3) is 20.1. The van der Waals surface area contributed by atoms with E-state index in [0.29, 0.717) is 12.8 Å². The monoisotopic (exact) mass is 513 g/mol. The van der Waals surface area contributed by atoms with Crippen LogP contribution in [0.4, 0.5) is 0 Å². The Balaban J connectivity index is 3.85. The molecule has 0 aromatic rings. The van der Waals surface area contributed by atoms with Crippen molar-refractivity contribution in [3.63, 3.8) is 0 Å². The standard InChI is InChI=1S/C30H59NO5/c1-3-5-7-9-10-11-12-13-14-15-16-17-18-20-22-24-28(34)30(36)31-26(25-32)29(35)27(33)23-21-19-8-6-4-2/h14-15,26-29,32-35H,3-13,16-25H2,1-2H3,(H,31,36)/b15-14-. The number of allylic oxidation sites excluding steroid dienone is 2. The Morgan fingerprint density at radius 1 is 0.667 bits per heavy atom. The number of carbonyl (C=O) groups is 1. The maximum absolute atomic E-state index is 12.3. The summed E-state index contributed by atoms with van der Waals surface area (Å²) in [6.45, 7) is 3.90. The average molecular weight is 514 g/mol. The predicted octanol–water partition coefficient (Wildman–Crippen LogP) is 5.94. The molecule has 6 nitrogen and oxygen atoms in total. The molecule has 0 aliphatic carbocycles. The van der Waals surface area contributed by atoms with Gasteiger partial charge in [-0.1, -0.05) is 116 Å². The highest BCUT2D eigenvalue weighted by Crippen LogP contribution is 2.13. The van der Waals surface area contributed by atoms with Gasteiger partial charge in [0.1, 0.15) is 12.2 Å². The van der Waals surface area contributed by atoms with Crippen molar-refractivity contribution >= 4 is 5.91 Å². The topological polar surface area (TPSA) is 110 Å². The summed E-state index contributed by atoms with van der Waals surface area (Å²) >= 11 is 0. The van der Waals surface area contributed by atoms with Crippen LogP contribution in [0.25, 0.3) is 0 Å². The fourth-order valence-corrected chi connectivity index (χ4v) is 4.45. The molecule has 0 rings (SSSR count). The van der Waals surface area contributed by atoms with Gasteiger partial charge in [0.2, 0.25) is 5.91 Å². The second-order valence-corrected chi connectivity index (χ2v) is 10.4. The molecule has 0 aromatic heterocycles. The molecule has 4 unspecified atom stereocenters. The highest BCUT2D eigenvalue weighted by molar-refractivity contribution is 5.80. The van der Waals surface area contributed by atoms with E-state index < -0.39 is 36.9 Å². The number of nitrogens with one attached hydrogen (secondary N) is 1. The Kier molecular flexibility index (Phi) is 25.0. The number of hydrogen-bond donors (Lipinski definition) is 5. The number of hydrogen-bond acceptors (Lipinski definition) is 5. The molecule has 6 heteroatoms. The number of rotatable bonds is 26. The van der Waals surface area contributed by atoms with Gasteiger partial charge in [0.15, 0.2) is 0 Å². The van der Waals surface area contributed by atoms with E-state index in [1.54, 1.807) is 0 Å². The molecule has 0 spiro atoms. The van der Waals surface area contributed by atoms with E-state index in [0.717, 1.165) is 64.2 Å². The molecule has 0 fully saturated rings. The fraction of sp³-hybridized carbons (Fsp3) is 0.900. The summed E-state index contributed by atoms with van der Waals surface area (Å²) in [5, 5.41) is 42.7. The van der Waals surface area contributed by atoms with Crippen LogP contribution >= 0.6 is 0 Å². The molecule has 0 bridgehead atoms. The van der Waals surface area contributed by atoms with E-state index in [4.69, 9.17) is 0 Å². The minimum Gasteiger partial charge on any atom is -0.394 e. The summed E-state index contributed by atoms with van der Waals surface area (Å²) in [5.41, 5.74) is 0. The van der Waals surface area contributed by atoms with Crippen molar-refractivity contribution in [2.45, 2.75) is 167 Å². The van der Waals surface area contributed by atoms with Crippen molar-refractivity contribution < 1.29 is 25.2 Å². The summed E-state index contributed by atoms with van der Waals surface area (Å²) in [6.07, 6.45) is 22.7. The van der Waals surface area contributed by atoms with E-state index in [1.807, 2.05) is 0 Å². The lowest BCUT2D eigenvalue weighted by molar-refractivity contribution is -0.132. The van der Waals surface area contributed by atoms with Crippen molar-refractivity contribution in [1.29, 1.82) is 0 Å². The summed E-state index contributed by atoms with van der Waals surface area (Å²) in [5.74, 6) is -0.600. The normalized spacial score (nSPS) is 15.2. The minimum absolute atomic E-state index is 0.355. The molecule has 0 heterocycles. The number of carbonyl (C=O) groups excluding carboxylic acids is 1. The van der Waals surface area contributed by atoms with Crippen LogP contribution in [0.15, 0.2) is 12.2 Å². The summed E-state index contributed by atoms with van der Waals surface area (Å²) in [4.78, 5) is 12.3. The molecular formula is C30H59NO5. The van der Waals surface area contributed by atoms with Gasteiger partial charge in [-0.25, -0.2) is 0 Å². The van der Waals surface area contributed by atoms with Crippen LogP contribution in [0.2, 0.25) is 0 Å². The zero-order valence-corrected chi connectivity index (χ0v) is 23.5. The molecular weight excluding hydrogens is 454 g/mol. The first kappa shape index (κ1) is 35.0. The Morgan fingerprint density at radius 3 is 1.61 bits per heavy atom. The Bertz CT molecular complexity index is 514. The lowest BCUT2D eigenvalue weighted by Crippen LogP contribution is -2.53. The van der Waals surface area contributed by atoms with Gasteiger partial charge in [-0.2, -0.15) is 0 Å². The quantitative estimate of drug-likeness (QED) is 0.0726. The van der Waals surface area contributed by atoms with Crippen molar-refractivity contribution in [2.24, 2.45) is 0 Å². The van der Waals surface area contributed by atoms with E-state index >= 15 is 0 Å². The second kappa shape index (κ2) is 25.7. The van der Waals surface area contributed by atoms with Crippen molar-refractivity contribution in [2.75, 3.05) is 6.61 Å². The summed E-state index contributed by atoms with van der Waals surface area (Å²) in [7, 11) is 0. The molecule has 214 valence electrons. The maximum atomic E-state index is 12.3. The summed E-state index contributed by atoms with van der Waals surface area (Å²) < 4.78 is 0. The number of aliphatic hydroxyl groups is 4. The van der Waals surface area contributed by atoms with E-state index in [9.17, 15) is 25.2 Å². The van der Waals surface area contributed by atoms with Gasteiger partial charge in [0, 0.05) is 0 Å². The van der Waals surface area contributed by atoms with E-state index in [1.165, 1.54) is 51.4 Å². The molecule has 5 N–H and O–H groups in total. The highest BCUT2D eigenvalue weighted by atomic mass is 16.3. The van der Waals surface area contributed by atoms with Gasteiger partial charge < -0.3 is 25.7 Å². The zero-order valence-electron chi connectivity index (χ0n) is 23.5. The van der Waals surface area contributed by atoms with Crippen LogP contribution in [-0.4, -0.2) is 57.3 Å². The molecule has 0 saturated carbocycles. The van der Waals surface area contributed by atoms with Crippen LogP contribution < -0.4 is 5.32 Å². The van der Waals surface area contributed by atoms with Gasteiger partial charge in [-0.05, 0) is 38.5 Å². The second-order valence-electron chi connectivity index (χ2n) is 10.4. The third-order valence-corrected chi connectivity index (χ3v) is 6.98. The van der Waals surface area contributed by atoms with Crippen molar-refractivity contribution in [1.82, 2.24) is 5.32 Å². The fourth-order valence-electron chi connectivity index (χ4n) is 4.45. The van der Waals surface area contributed by atoms with Gasteiger partial charge in [-0.15, -0.1) is 0 Å². The molecule has 0 saturated heterocycles. The van der Waals surface area contributed by atoms with Crippen molar-refractivity contribution in [3.05, 3.63) is 12.2 Å². The summed E-state index contributed by atoms with van der Waals surface area (Å²) in [6, 6.07) is -0.981. The number of aliphatic hydroxyl groups excluding tert-OH is 4. The van der Waals surface area contributed by atoms with Crippen molar-refractivity contribution in [3.8, 4) is 0 Å². The molecule has 4 atom stereocenters. The van der Waals surface area contributed by atoms with Crippen LogP contribution in [0.1, 0.15) is 142 Å². The Morgan fingerprint density at radius 2 is 1.11 bits per heavy atom. The Hall–Kier alpha value is -0.950. The zero-order chi connectivity index (χ0) is 26.9. The smallest absolute Gasteiger partial charge is 0.249 e. The number of amides is 1. The highest BCUT2D eigenvalue weighted by Gasteiger charge is 2.28. The number of unbranched alkanes of at least 4 members (excludes halogenated alkanes) is 15. The molecule has 0 aliphatic rings. The Labute approximate surface area is 222 Å². The first-order chi connectivity index (χ1) is 17.5. The minimum atomic E-state index is -1.25. The van der Waals surface area contributed by atoms with Gasteiger partial charge in [0.05, 0.1) is 18.8 Å². The molecule has 1 amide bonds. The largest absolute Gasteiger partial charge is 0.394 e. The lowest BCUT2D eigenvalue weighted by Gasteiger charge is -2.27. The predicted molar refractivity (Wildman–Crippen MR) is 150 cm³/mol. The van der Waals surface area contributed by atoms with Gasteiger partial charge in [-0.3, -0.25) is 4.79 Å². The van der Waals surface area contributed by atoms with Crippen LogP contribution in [0.5, 0.6) is 0 Å². The lowest BCUT2D eigenvalue weighted by atomic mass is 9.99. The molecule has 0 radical (unpaired) electrons. The molecule has 0 aromatic carbocycles. The van der Waals surface area contributed by atoms with E-state index in [2.05, 4.69) is 31.3 Å². The molecule has 0 aliphatic heterocycles. The first-order valence-corrected chi connectivity index (χ1v) is 15.1. The van der Waals surface area contributed by atoms with Gasteiger partial charge >= 0.3 is 0 Å². The average Bonchev–Trinajstić information content (AvgIpc) is 2.88.